The summed E-state index contributed by atoms with van der Waals surface area (Å²) in [4.78, 5) is 11.6. The Morgan fingerprint density at radius 1 is 1.32 bits per heavy atom. The van der Waals surface area contributed by atoms with Crippen molar-refractivity contribution in [3.05, 3.63) is 35.4 Å². The van der Waals surface area contributed by atoms with E-state index < -0.39 is 11.7 Å². The van der Waals surface area contributed by atoms with Crippen LogP contribution in [0.4, 0.5) is 13.2 Å². The average Bonchev–Trinajstić information content (AvgIpc) is 2.96. The van der Waals surface area contributed by atoms with Gasteiger partial charge < -0.3 is 5.73 Å². The lowest BCUT2D eigenvalue weighted by molar-refractivity contribution is -0.137. The van der Waals surface area contributed by atoms with Crippen LogP contribution in [0.15, 0.2) is 24.3 Å². The summed E-state index contributed by atoms with van der Waals surface area (Å²) in [5.74, 6) is 0.621. The Kier molecular flexibility index (Phi) is 5.78. The number of aryl methyl sites for hydroxylation is 1. The van der Waals surface area contributed by atoms with Gasteiger partial charge in [0.1, 0.15) is 0 Å². The molecule has 2 N–H and O–H groups in total. The minimum absolute atomic E-state index is 0.215. The van der Waals surface area contributed by atoms with Crippen LogP contribution >= 0.6 is 11.8 Å². The highest BCUT2D eigenvalue weighted by molar-refractivity contribution is 8.00. The highest BCUT2D eigenvalue weighted by Crippen LogP contribution is 2.34. The van der Waals surface area contributed by atoms with Gasteiger partial charge in [0.25, 0.3) is 0 Å². The maximum Gasteiger partial charge on any atom is 0.416 e. The molecule has 6 heteroatoms. The van der Waals surface area contributed by atoms with Gasteiger partial charge in [-0.05, 0) is 42.6 Å². The van der Waals surface area contributed by atoms with Crippen LogP contribution in [0.3, 0.4) is 0 Å². The first-order valence-electron chi connectivity index (χ1n) is 7.45. The van der Waals surface area contributed by atoms with E-state index >= 15 is 0 Å². The van der Waals surface area contributed by atoms with Crippen LogP contribution in [-0.2, 0) is 17.4 Å². The van der Waals surface area contributed by atoms with E-state index in [1.807, 2.05) is 0 Å². The predicted molar refractivity (Wildman–Crippen MR) is 82.5 cm³/mol. The Morgan fingerprint density at radius 2 is 2.00 bits per heavy atom. The largest absolute Gasteiger partial charge is 0.416 e. The molecule has 1 atom stereocenters. The number of amides is 1. The minimum atomic E-state index is -4.32. The molecule has 1 aromatic carbocycles. The summed E-state index contributed by atoms with van der Waals surface area (Å²) < 4.78 is 38.0. The predicted octanol–water partition coefficient (Wildman–Crippen LogP) is 4.03. The highest BCUT2D eigenvalue weighted by Gasteiger charge is 2.31. The number of hydrogen-bond donors (Lipinski definition) is 1. The van der Waals surface area contributed by atoms with Gasteiger partial charge in [0.15, 0.2) is 0 Å². The SMILES string of the molecule is NC(=O)C(SCCc1cccc(C(F)(F)F)c1)C1CCCC1. The van der Waals surface area contributed by atoms with E-state index in [-0.39, 0.29) is 11.2 Å². The molecule has 1 aliphatic carbocycles. The Bertz CT molecular complexity index is 512. The van der Waals surface area contributed by atoms with Crippen molar-refractivity contribution >= 4 is 17.7 Å². The van der Waals surface area contributed by atoms with Crippen molar-refractivity contribution in [3.8, 4) is 0 Å². The van der Waals surface area contributed by atoms with Crippen molar-refractivity contribution in [1.82, 2.24) is 0 Å². The topological polar surface area (TPSA) is 43.1 Å². The van der Waals surface area contributed by atoms with E-state index in [1.165, 1.54) is 23.9 Å². The number of carbonyl (C=O) groups is 1. The van der Waals surface area contributed by atoms with Crippen LogP contribution in [0, 0.1) is 5.92 Å². The van der Waals surface area contributed by atoms with Gasteiger partial charge in [0, 0.05) is 0 Å². The molecule has 1 aromatic rings. The summed E-state index contributed by atoms with van der Waals surface area (Å²) in [6.07, 6.45) is 0.480. The third-order valence-corrected chi connectivity index (χ3v) is 5.47. The van der Waals surface area contributed by atoms with Gasteiger partial charge >= 0.3 is 6.18 Å². The first-order chi connectivity index (χ1) is 10.4. The zero-order valence-electron chi connectivity index (χ0n) is 12.2. The molecule has 1 unspecified atom stereocenters. The standard InChI is InChI=1S/C16H20F3NOS/c17-16(18,19)13-7-3-4-11(10-13)8-9-22-14(15(20)21)12-5-1-2-6-12/h3-4,7,10,12,14H,1-2,5-6,8-9H2,(H2,20,21). The zero-order chi connectivity index (χ0) is 16.2. The van der Waals surface area contributed by atoms with E-state index in [0.29, 0.717) is 23.7 Å². The van der Waals surface area contributed by atoms with Gasteiger partial charge in [-0.3, -0.25) is 4.79 Å². The Hall–Kier alpha value is -1.17. The van der Waals surface area contributed by atoms with Gasteiger partial charge in [-0.15, -0.1) is 11.8 Å². The number of thioether (sulfide) groups is 1. The van der Waals surface area contributed by atoms with Crippen LogP contribution < -0.4 is 5.73 Å². The van der Waals surface area contributed by atoms with Crippen molar-refractivity contribution in [2.75, 3.05) is 5.75 Å². The second-order valence-corrected chi connectivity index (χ2v) is 6.94. The summed E-state index contributed by atoms with van der Waals surface area (Å²) in [5.41, 5.74) is 5.48. The van der Waals surface area contributed by atoms with Gasteiger partial charge in [-0.1, -0.05) is 31.0 Å². The van der Waals surface area contributed by atoms with Crippen molar-refractivity contribution in [1.29, 1.82) is 0 Å². The van der Waals surface area contributed by atoms with Crippen molar-refractivity contribution in [2.24, 2.45) is 11.7 Å². The van der Waals surface area contributed by atoms with Crippen LogP contribution in [0.2, 0.25) is 0 Å². The number of benzene rings is 1. The third kappa shape index (κ3) is 4.66. The average molecular weight is 331 g/mol. The number of rotatable bonds is 6. The van der Waals surface area contributed by atoms with Gasteiger partial charge in [0.05, 0.1) is 10.8 Å². The molecule has 0 radical (unpaired) electrons. The zero-order valence-corrected chi connectivity index (χ0v) is 13.1. The van der Waals surface area contributed by atoms with Crippen molar-refractivity contribution < 1.29 is 18.0 Å². The number of alkyl halides is 3. The quantitative estimate of drug-likeness (QED) is 0.855. The molecule has 2 rings (SSSR count). The van der Waals surface area contributed by atoms with Crippen LogP contribution in [0.5, 0.6) is 0 Å². The molecule has 122 valence electrons. The first-order valence-corrected chi connectivity index (χ1v) is 8.50. The molecule has 0 spiro atoms. The lowest BCUT2D eigenvalue weighted by Gasteiger charge is -2.19. The fraction of sp³-hybridized carbons (Fsp3) is 0.562. The fourth-order valence-electron chi connectivity index (χ4n) is 2.92. The molecule has 2 nitrogen and oxygen atoms in total. The van der Waals surface area contributed by atoms with E-state index in [1.54, 1.807) is 6.07 Å². The maximum atomic E-state index is 12.7. The molecule has 1 saturated carbocycles. The van der Waals surface area contributed by atoms with Crippen molar-refractivity contribution in [3.63, 3.8) is 0 Å². The Morgan fingerprint density at radius 3 is 2.59 bits per heavy atom. The molecule has 0 aromatic heterocycles. The summed E-state index contributed by atoms with van der Waals surface area (Å²) in [7, 11) is 0. The molecule has 1 amide bonds. The molecule has 0 bridgehead atoms. The van der Waals surface area contributed by atoms with Crippen molar-refractivity contribution in [2.45, 2.75) is 43.5 Å². The van der Waals surface area contributed by atoms with Crippen LogP contribution in [0.1, 0.15) is 36.8 Å². The number of carbonyl (C=O) groups excluding carboxylic acids is 1. The third-order valence-electron chi connectivity index (χ3n) is 4.05. The summed E-state index contributed by atoms with van der Waals surface area (Å²) >= 11 is 1.48. The van der Waals surface area contributed by atoms with E-state index in [0.717, 1.165) is 31.7 Å². The number of primary amides is 1. The molecular weight excluding hydrogens is 311 g/mol. The van der Waals surface area contributed by atoms with E-state index in [9.17, 15) is 18.0 Å². The van der Waals surface area contributed by atoms with Crippen LogP contribution in [-0.4, -0.2) is 16.9 Å². The molecule has 22 heavy (non-hydrogen) atoms. The smallest absolute Gasteiger partial charge is 0.369 e. The lowest BCUT2D eigenvalue weighted by atomic mass is 10.0. The van der Waals surface area contributed by atoms with Gasteiger partial charge in [-0.25, -0.2) is 0 Å². The van der Waals surface area contributed by atoms with E-state index in [2.05, 4.69) is 0 Å². The van der Waals surface area contributed by atoms with Crippen LogP contribution in [0.25, 0.3) is 0 Å². The normalized spacial score (nSPS) is 17.6. The second-order valence-electron chi connectivity index (χ2n) is 5.69. The molecule has 1 aliphatic rings. The molecule has 0 saturated heterocycles. The molecule has 0 heterocycles. The highest BCUT2D eigenvalue weighted by atomic mass is 32.2. The minimum Gasteiger partial charge on any atom is -0.369 e. The number of halogens is 3. The fourth-order valence-corrected chi connectivity index (χ4v) is 4.23. The molecular formula is C16H20F3NOS. The molecule has 1 fully saturated rings. The Balaban J connectivity index is 1.90. The van der Waals surface area contributed by atoms with Gasteiger partial charge in [0.2, 0.25) is 5.91 Å². The lowest BCUT2D eigenvalue weighted by Crippen LogP contribution is -2.32. The summed E-state index contributed by atoms with van der Waals surface area (Å²) in [6.45, 7) is 0. The monoisotopic (exact) mass is 331 g/mol. The number of nitrogens with two attached hydrogens (primary N) is 1. The summed E-state index contributed by atoms with van der Waals surface area (Å²) in [5, 5.41) is -0.215. The van der Waals surface area contributed by atoms with Gasteiger partial charge in [-0.2, -0.15) is 13.2 Å². The first kappa shape index (κ1) is 17.2. The number of hydrogen-bond acceptors (Lipinski definition) is 2. The maximum absolute atomic E-state index is 12.7. The second kappa shape index (κ2) is 7.40. The van der Waals surface area contributed by atoms with E-state index in [4.69, 9.17) is 5.73 Å². The summed E-state index contributed by atoms with van der Waals surface area (Å²) in [6, 6.07) is 5.35. The Labute approximate surface area is 132 Å². The molecule has 0 aliphatic heterocycles.